The molecule has 12 heteroatoms. The lowest BCUT2D eigenvalue weighted by Gasteiger charge is -2.16. The molecule has 0 radical (unpaired) electrons. The molecule has 5 rings (SSSR count). The highest BCUT2D eigenvalue weighted by Gasteiger charge is 2.31. The van der Waals surface area contributed by atoms with Crippen molar-refractivity contribution in [2.24, 2.45) is 4.99 Å². The number of hydrogen-bond donors (Lipinski definition) is 1. The van der Waals surface area contributed by atoms with E-state index in [1.165, 1.54) is 52.2 Å². The number of carbonyl (C=O) groups is 1. The third kappa shape index (κ3) is 7.43. The summed E-state index contributed by atoms with van der Waals surface area (Å²) < 4.78 is 44.6. The van der Waals surface area contributed by atoms with Gasteiger partial charge in [-0.1, -0.05) is 50.2 Å². The van der Waals surface area contributed by atoms with Crippen LogP contribution in [0.3, 0.4) is 0 Å². The van der Waals surface area contributed by atoms with E-state index in [0.29, 0.717) is 35.2 Å². The maximum atomic E-state index is 12.8. The minimum atomic E-state index is -4.75. The van der Waals surface area contributed by atoms with Gasteiger partial charge in [-0.05, 0) is 73.2 Å². The molecule has 8 nitrogen and oxygen atoms in total. The summed E-state index contributed by atoms with van der Waals surface area (Å²) >= 11 is 1.43. The second-order valence-electron chi connectivity index (χ2n) is 10.6. The van der Waals surface area contributed by atoms with E-state index in [9.17, 15) is 18.0 Å². The van der Waals surface area contributed by atoms with Gasteiger partial charge < -0.3 is 10.1 Å². The van der Waals surface area contributed by atoms with E-state index in [2.05, 4.69) is 64.1 Å². The number of aryl methyl sites for hydroxylation is 2. The third-order valence-electron chi connectivity index (χ3n) is 6.85. The molecule has 5 aromatic rings. The van der Waals surface area contributed by atoms with Crippen LogP contribution >= 0.6 is 11.3 Å². The average molecular weight is 621 g/mol. The van der Waals surface area contributed by atoms with E-state index >= 15 is 0 Å². The van der Waals surface area contributed by atoms with Gasteiger partial charge in [0.15, 0.2) is 10.6 Å². The van der Waals surface area contributed by atoms with Gasteiger partial charge in [0, 0.05) is 23.2 Å². The number of nitrogens with one attached hydrogen (secondary N) is 1. The number of hydrogen-bond acceptors (Lipinski definition) is 5. The lowest BCUT2D eigenvalue weighted by Crippen LogP contribution is -2.26. The maximum Gasteiger partial charge on any atom is 0.573 e. The van der Waals surface area contributed by atoms with Crippen LogP contribution in [0.15, 0.2) is 83.4 Å². The average Bonchev–Trinajstić information content (AvgIpc) is 3.60. The number of urea groups is 1. The van der Waals surface area contributed by atoms with Gasteiger partial charge in [0.1, 0.15) is 12.1 Å². The molecule has 0 spiro atoms. The fraction of sp³-hybridized carbons (Fsp3) is 0.250. The van der Waals surface area contributed by atoms with Crippen molar-refractivity contribution in [3.8, 4) is 28.5 Å². The summed E-state index contributed by atoms with van der Waals surface area (Å²) in [6, 6.07) is 19.0. The minimum absolute atomic E-state index is 0.310. The molecule has 0 aliphatic heterocycles. The summed E-state index contributed by atoms with van der Waals surface area (Å²) in [4.78, 5) is 22.1. The number of halogens is 3. The minimum Gasteiger partial charge on any atom is -0.406 e. The Morgan fingerprint density at radius 2 is 1.77 bits per heavy atom. The SMILES string of the molecule is Cc1ccc(C(C)C)c(-n2c(C)cs/c2=N\C(=O)NCCc2ccc(-c3ncn(-c4ccc(OC(F)(F)F)cc4)n3)cc2)c1. The summed E-state index contributed by atoms with van der Waals surface area (Å²) in [5, 5.41) is 9.32. The van der Waals surface area contributed by atoms with Crippen molar-refractivity contribution in [2.45, 2.75) is 46.4 Å². The van der Waals surface area contributed by atoms with Crippen molar-refractivity contribution >= 4 is 17.4 Å². The van der Waals surface area contributed by atoms with Crippen molar-refractivity contribution < 1.29 is 22.7 Å². The number of carbonyl (C=O) groups excluding carboxylic acids is 1. The Morgan fingerprint density at radius 3 is 2.45 bits per heavy atom. The van der Waals surface area contributed by atoms with E-state index in [1.54, 1.807) is 0 Å². The van der Waals surface area contributed by atoms with E-state index < -0.39 is 12.4 Å². The zero-order chi connectivity index (χ0) is 31.4. The van der Waals surface area contributed by atoms with Gasteiger partial charge in [-0.3, -0.25) is 4.57 Å². The second kappa shape index (κ2) is 12.9. The van der Waals surface area contributed by atoms with Crippen LogP contribution in [0, 0.1) is 13.8 Å². The van der Waals surface area contributed by atoms with Gasteiger partial charge in [0.25, 0.3) is 0 Å². The highest BCUT2D eigenvalue weighted by atomic mass is 32.1. The predicted octanol–water partition coefficient (Wildman–Crippen LogP) is 7.28. The van der Waals surface area contributed by atoms with Crippen LogP contribution in [0.4, 0.5) is 18.0 Å². The smallest absolute Gasteiger partial charge is 0.406 e. The van der Waals surface area contributed by atoms with Gasteiger partial charge in [-0.25, -0.2) is 14.5 Å². The molecular formula is C32H31F3N6O2S. The Balaban J connectivity index is 1.20. The van der Waals surface area contributed by atoms with Crippen molar-refractivity contribution in [1.29, 1.82) is 0 Å². The van der Waals surface area contributed by atoms with Gasteiger partial charge in [0.2, 0.25) is 0 Å². The van der Waals surface area contributed by atoms with Gasteiger partial charge in [-0.2, -0.15) is 4.99 Å². The fourth-order valence-electron chi connectivity index (χ4n) is 4.68. The second-order valence-corrected chi connectivity index (χ2v) is 11.4. The molecule has 0 aliphatic carbocycles. The molecule has 2 amide bonds. The number of aromatic nitrogens is 4. The fourth-order valence-corrected chi connectivity index (χ4v) is 5.54. The van der Waals surface area contributed by atoms with Crippen LogP contribution in [-0.4, -0.2) is 38.3 Å². The largest absolute Gasteiger partial charge is 0.573 e. The number of nitrogens with zero attached hydrogens (tertiary/aromatic N) is 5. The van der Waals surface area contributed by atoms with Crippen molar-refractivity contribution in [3.05, 3.63) is 106 Å². The quantitative estimate of drug-likeness (QED) is 0.198. The van der Waals surface area contributed by atoms with Crippen LogP contribution in [0.2, 0.25) is 0 Å². The Bertz CT molecular complexity index is 1820. The van der Waals surface area contributed by atoms with Crippen molar-refractivity contribution in [1.82, 2.24) is 24.6 Å². The summed E-state index contributed by atoms with van der Waals surface area (Å²) in [5.41, 5.74) is 6.72. The van der Waals surface area contributed by atoms with Crippen LogP contribution in [0.5, 0.6) is 5.75 Å². The Labute approximate surface area is 256 Å². The molecular weight excluding hydrogens is 589 g/mol. The molecule has 1 N–H and O–H groups in total. The van der Waals surface area contributed by atoms with E-state index in [-0.39, 0.29) is 5.75 Å². The molecule has 2 aromatic heterocycles. The van der Waals surface area contributed by atoms with Crippen LogP contribution in [0.1, 0.15) is 42.1 Å². The highest BCUT2D eigenvalue weighted by molar-refractivity contribution is 7.07. The molecule has 0 saturated heterocycles. The molecule has 0 unspecified atom stereocenters. The monoisotopic (exact) mass is 620 g/mol. The molecule has 0 atom stereocenters. The lowest BCUT2D eigenvalue weighted by atomic mass is 9.99. The number of rotatable bonds is 8. The normalized spacial score (nSPS) is 12.1. The molecule has 2 heterocycles. The van der Waals surface area contributed by atoms with Crippen molar-refractivity contribution in [3.63, 3.8) is 0 Å². The number of alkyl halides is 3. The molecule has 0 saturated carbocycles. The Morgan fingerprint density at radius 1 is 1.05 bits per heavy atom. The summed E-state index contributed by atoms with van der Waals surface area (Å²) in [7, 11) is 0. The zero-order valence-corrected chi connectivity index (χ0v) is 25.4. The van der Waals surface area contributed by atoms with Crippen LogP contribution in [0.25, 0.3) is 22.8 Å². The van der Waals surface area contributed by atoms with Crippen LogP contribution < -0.4 is 14.9 Å². The molecule has 0 fully saturated rings. The molecule has 228 valence electrons. The Kier molecular flexibility index (Phi) is 9.00. The molecule has 0 bridgehead atoms. The molecule has 3 aromatic carbocycles. The summed E-state index contributed by atoms with van der Waals surface area (Å²) in [6.45, 7) is 8.78. The van der Waals surface area contributed by atoms with Crippen LogP contribution in [-0.2, 0) is 6.42 Å². The first-order valence-corrected chi connectivity index (χ1v) is 14.8. The topological polar surface area (TPSA) is 86.3 Å². The number of thiazole rings is 1. The first kappa shape index (κ1) is 30.7. The standard InChI is InChI=1S/C32H31F3N6O2S/c1-20(2)27-14-5-21(3)17-28(27)41-22(4)18-44-31(41)38-30(42)36-16-15-23-6-8-24(9-7-23)29-37-19-40(39-29)25-10-12-26(13-11-25)43-32(33,34)35/h5-14,17-20H,15-16H2,1-4H3,(H,36,42)/b38-31-. The summed E-state index contributed by atoms with van der Waals surface area (Å²) in [5.74, 6) is 0.474. The first-order chi connectivity index (χ1) is 21.0. The molecule has 0 aliphatic rings. The predicted molar refractivity (Wildman–Crippen MR) is 163 cm³/mol. The molecule has 44 heavy (non-hydrogen) atoms. The number of benzene rings is 3. The third-order valence-corrected chi connectivity index (χ3v) is 7.80. The van der Waals surface area contributed by atoms with Gasteiger partial charge in [0.05, 0.1) is 11.4 Å². The van der Waals surface area contributed by atoms with E-state index in [4.69, 9.17) is 0 Å². The lowest BCUT2D eigenvalue weighted by molar-refractivity contribution is -0.274. The highest BCUT2D eigenvalue weighted by Crippen LogP contribution is 2.26. The van der Waals surface area contributed by atoms with E-state index in [1.807, 2.05) is 41.1 Å². The Hall–Kier alpha value is -4.71. The first-order valence-electron chi connectivity index (χ1n) is 13.9. The maximum absolute atomic E-state index is 12.8. The number of amides is 2. The van der Waals surface area contributed by atoms with Gasteiger partial charge in [-0.15, -0.1) is 29.6 Å². The van der Waals surface area contributed by atoms with Gasteiger partial charge >= 0.3 is 12.4 Å². The van der Waals surface area contributed by atoms with E-state index in [0.717, 1.165) is 28.1 Å². The van der Waals surface area contributed by atoms with Crippen molar-refractivity contribution in [2.75, 3.05) is 6.54 Å². The summed E-state index contributed by atoms with van der Waals surface area (Å²) in [6.07, 6.45) is -2.65. The zero-order valence-electron chi connectivity index (χ0n) is 24.6. The number of ether oxygens (including phenoxy) is 1.